The molecule has 1 aliphatic rings. The van der Waals surface area contributed by atoms with Crippen molar-refractivity contribution in [3.8, 4) is 0 Å². The van der Waals surface area contributed by atoms with Crippen molar-refractivity contribution in [1.82, 2.24) is 0 Å². The van der Waals surface area contributed by atoms with Crippen LogP contribution in [0.1, 0.15) is 307 Å². The number of benzene rings is 2. The van der Waals surface area contributed by atoms with E-state index in [2.05, 4.69) is 113 Å². The third-order valence-corrected chi connectivity index (χ3v) is 15.9. The molecular weight excluding hydrogens is 903 g/mol. The van der Waals surface area contributed by atoms with E-state index in [1.54, 1.807) is 0 Å². The molecule has 1 heterocycles. The fraction of sp³-hybridized carbons (Fsp3) is 0.706. The molecule has 0 aromatic heterocycles. The molecule has 71 heavy (non-hydrogen) atoms. The van der Waals surface area contributed by atoms with E-state index in [9.17, 15) is 5.53 Å². The third kappa shape index (κ3) is 35.4. The van der Waals surface area contributed by atoms with Gasteiger partial charge in [-0.15, -0.1) is 0 Å². The Labute approximate surface area is 449 Å². The summed E-state index contributed by atoms with van der Waals surface area (Å²) in [4.78, 5) is 0. The zero-order valence-electron chi connectivity index (χ0n) is 47.4. The average molecular weight is 1020 g/mol. The summed E-state index contributed by atoms with van der Waals surface area (Å²) in [7, 11) is 0. The Balaban J connectivity index is 0.000000524. The van der Waals surface area contributed by atoms with E-state index in [0.717, 1.165) is 48.2 Å². The van der Waals surface area contributed by atoms with Gasteiger partial charge >= 0.3 is 166 Å². The quantitative estimate of drug-likeness (QED) is 0.0273. The van der Waals surface area contributed by atoms with Crippen LogP contribution in [0.4, 0.5) is 0 Å². The van der Waals surface area contributed by atoms with E-state index in [0.29, 0.717) is 0 Å². The number of hydrogen-bond donors (Lipinski definition) is 0. The Bertz CT molecular complexity index is 1510. The molecular formula is C68H114N2Ni. The zero-order valence-corrected chi connectivity index (χ0v) is 48.4. The number of aryl methyl sites for hydroxylation is 2. The molecule has 0 fully saturated rings. The molecule has 2 aromatic rings. The number of rotatable bonds is 48. The zero-order chi connectivity index (χ0) is 50.8. The van der Waals surface area contributed by atoms with E-state index >= 15 is 0 Å². The summed E-state index contributed by atoms with van der Waals surface area (Å²) in [5, 5.41) is 2.87. The minimum atomic E-state index is 0.866. The topological polar surface area (TPSA) is 25.3 Å². The van der Waals surface area contributed by atoms with Crippen LogP contribution < -0.4 is 0 Å². The van der Waals surface area contributed by atoms with Crippen molar-refractivity contribution < 1.29 is 19.1 Å². The van der Waals surface area contributed by atoms with Gasteiger partial charge in [-0.05, 0) is 74.6 Å². The van der Waals surface area contributed by atoms with Crippen LogP contribution in [0.25, 0.3) is 16.9 Å². The minimum absolute atomic E-state index is 0.866. The third-order valence-electron chi connectivity index (χ3n) is 14.5. The molecule has 0 atom stereocenters. The predicted molar refractivity (Wildman–Crippen MR) is 315 cm³/mol. The van der Waals surface area contributed by atoms with Gasteiger partial charge in [0.05, 0.1) is 0 Å². The van der Waals surface area contributed by atoms with Gasteiger partial charge < -0.3 is 5.53 Å². The number of nitrogens with zero attached hydrogens (tertiary/aromatic N) is 2. The molecule has 406 valence electrons. The van der Waals surface area contributed by atoms with Gasteiger partial charge in [0, 0.05) is 23.3 Å². The molecule has 2 nitrogen and oxygen atoms in total. The van der Waals surface area contributed by atoms with Crippen LogP contribution in [-0.2, 0) is 27.3 Å². The molecule has 0 N–H and O–H groups in total. The number of allylic oxidation sites excluding steroid dienone is 6. The second-order valence-electron chi connectivity index (χ2n) is 21.1. The standard InChI is InChI=1S/C40H56N2.2C14H29.Ni/c1-3-5-7-9-11-13-15-17-19-21-27-35-29-23-25-31-37(35)39-33-34-40(42(39)41)38-32-26-24-30-36(38)28-22-20-18-16-14-12-10-8-6-4-2;2*1-3-5-7-9-11-13-14-12-10-8-6-4-2;/h17-20,23-26,29-34H,3-16,21-22,27-28H2,1-2H3;2*1,3-14H2,2H3;. The van der Waals surface area contributed by atoms with Crippen molar-refractivity contribution in [2.24, 2.45) is 0 Å². The van der Waals surface area contributed by atoms with Crippen molar-refractivity contribution in [2.45, 2.75) is 308 Å². The molecule has 0 radical (unpaired) electrons. The molecule has 2 aromatic carbocycles. The van der Waals surface area contributed by atoms with Gasteiger partial charge in [-0.25, -0.2) is 4.70 Å². The molecule has 3 heteroatoms. The first-order valence-electron chi connectivity index (χ1n) is 31.0. The minimum Gasteiger partial charge on any atom is -0.0654 e. The fourth-order valence-corrected chi connectivity index (χ4v) is 11.2. The van der Waals surface area contributed by atoms with Crippen LogP contribution in [0.2, 0.25) is 10.8 Å². The van der Waals surface area contributed by atoms with Gasteiger partial charge in [-0.2, -0.15) is 0 Å². The Morgan fingerprint density at radius 1 is 0.338 bits per heavy atom. The normalized spacial score (nSPS) is 12.6. The van der Waals surface area contributed by atoms with Gasteiger partial charge in [-0.3, -0.25) is 0 Å². The predicted octanol–water partition coefficient (Wildman–Crippen LogP) is 23.9. The summed E-state index contributed by atoms with van der Waals surface area (Å²) in [5.74, 6) is 0. The second-order valence-corrected chi connectivity index (χ2v) is 22.6. The van der Waals surface area contributed by atoms with Crippen LogP contribution in [0.3, 0.4) is 0 Å². The van der Waals surface area contributed by atoms with E-state index in [1.165, 1.54) is 271 Å². The first-order valence-corrected chi connectivity index (χ1v) is 32.4. The maximum absolute atomic E-state index is 11.4. The summed E-state index contributed by atoms with van der Waals surface area (Å²) < 4.78 is 1.40. The first kappa shape index (κ1) is 64.6. The van der Waals surface area contributed by atoms with E-state index in [1.807, 2.05) is 14.4 Å². The van der Waals surface area contributed by atoms with Crippen molar-refractivity contribution >= 4 is 11.4 Å². The van der Waals surface area contributed by atoms with Gasteiger partial charge in [0.25, 0.3) is 0 Å². The molecule has 0 unspecified atom stereocenters. The summed E-state index contributed by atoms with van der Waals surface area (Å²) in [5.41, 5.74) is 17.9. The molecule has 0 spiro atoms. The van der Waals surface area contributed by atoms with Crippen LogP contribution >= 0.6 is 0 Å². The van der Waals surface area contributed by atoms with Gasteiger partial charge in [0.15, 0.2) is 0 Å². The van der Waals surface area contributed by atoms with Crippen molar-refractivity contribution in [2.75, 3.05) is 0 Å². The fourth-order valence-electron chi connectivity index (χ4n) is 9.92. The summed E-state index contributed by atoms with van der Waals surface area (Å²) in [6, 6.07) is 17.1. The Morgan fingerprint density at radius 3 is 0.930 bits per heavy atom. The molecule has 1 aliphatic heterocycles. The molecule has 3 rings (SSSR count). The van der Waals surface area contributed by atoms with E-state index < -0.39 is 0 Å². The Hall–Kier alpha value is -2.51. The van der Waals surface area contributed by atoms with Gasteiger partial charge in [-0.1, -0.05) is 165 Å². The van der Waals surface area contributed by atoms with Gasteiger partial charge in [0.1, 0.15) is 0 Å². The van der Waals surface area contributed by atoms with Crippen molar-refractivity contribution in [3.63, 3.8) is 0 Å². The first-order chi connectivity index (χ1) is 35.2. The summed E-state index contributed by atoms with van der Waals surface area (Å²) in [6.07, 6.45) is 71.3. The molecule has 0 amide bonds. The SMILES string of the molecule is CCCCCCCCC=CCCc1ccccc1C1=CC=C(c2ccccc2CCC=CCCCCCCCC)[N+]1=[N-].CCCCCCCCCCCCC[CH2][Ni][CH2]CCCCCCCCCCCCC. The molecule has 0 saturated carbocycles. The molecule has 0 saturated heterocycles. The van der Waals surface area contributed by atoms with E-state index in [4.69, 9.17) is 0 Å². The number of unbranched alkanes of at least 4 members (excludes halogenated alkanes) is 34. The monoisotopic (exact) mass is 1020 g/mol. The second kappa shape index (κ2) is 49.7. The van der Waals surface area contributed by atoms with Crippen LogP contribution in [0.5, 0.6) is 0 Å². The molecule has 0 bridgehead atoms. The number of hydrogen-bond acceptors (Lipinski definition) is 0. The summed E-state index contributed by atoms with van der Waals surface area (Å²) in [6.45, 7) is 9.15. The van der Waals surface area contributed by atoms with Crippen LogP contribution in [0.15, 0.2) is 85.0 Å². The summed E-state index contributed by atoms with van der Waals surface area (Å²) >= 11 is 2.04. The molecule has 0 aliphatic carbocycles. The Kier molecular flexibility index (Phi) is 45.2. The maximum atomic E-state index is 11.4. The van der Waals surface area contributed by atoms with Crippen LogP contribution in [-0.4, -0.2) is 4.70 Å². The van der Waals surface area contributed by atoms with Crippen molar-refractivity contribution in [1.29, 1.82) is 0 Å². The Morgan fingerprint density at radius 2 is 0.606 bits per heavy atom. The average Bonchev–Trinajstić information content (AvgIpc) is 3.78. The smallest absolute Gasteiger partial charge is 0.0654 e. The van der Waals surface area contributed by atoms with Crippen molar-refractivity contribution in [3.05, 3.63) is 113 Å². The van der Waals surface area contributed by atoms with E-state index in [-0.39, 0.29) is 0 Å². The van der Waals surface area contributed by atoms with Crippen LogP contribution in [0, 0.1) is 0 Å². The van der Waals surface area contributed by atoms with Gasteiger partial charge in [0.2, 0.25) is 11.4 Å².